The summed E-state index contributed by atoms with van der Waals surface area (Å²) in [5, 5.41) is 29.0. The molecule has 3 aliphatic rings. The fourth-order valence-electron chi connectivity index (χ4n) is 4.91. The summed E-state index contributed by atoms with van der Waals surface area (Å²) in [6.07, 6.45) is 9.28. The molecule has 1 aliphatic heterocycles. The number of thioether (sulfide) groups is 1. The summed E-state index contributed by atoms with van der Waals surface area (Å²) in [4.78, 5) is 16.8. The van der Waals surface area contributed by atoms with Crippen molar-refractivity contribution in [1.29, 1.82) is 0 Å². The molecular formula is C23H33Cl2MnN5O2S-4. The Kier molecular flexibility index (Phi) is 13.3. The first kappa shape index (κ1) is 28.5. The molecule has 4 rings (SSSR count). The SMILES string of the molecule is O=C(O)CSc1cc2nc(c1)C[N-][C@@H]1CCCC[C@H]1[N-]CC[N-]C1CCCCC1[N-]C2.[Cl][Mn][Cl]. The Morgan fingerprint density at radius 2 is 1.29 bits per heavy atom. The van der Waals surface area contributed by atoms with Crippen molar-refractivity contribution in [2.75, 3.05) is 18.8 Å². The van der Waals surface area contributed by atoms with E-state index in [0.717, 1.165) is 55.1 Å². The molecule has 7 nitrogen and oxygen atoms in total. The van der Waals surface area contributed by atoms with Crippen LogP contribution in [0.5, 0.6) is 0 Å². The summed E-state index contributed by atoms with van der Waals surface area (Å²) in [6.45, 7) is 2.70. The summed E-state index contributed by atoms with van der Waals surface area (Å²) in [6, 6.07) is 5.09. The molecule has 2 bridgehead atoms. The van der Waals surface area contributed by atoms with Gasteiger partial charge in [0.2, 0.25) is 0 Å². The zero-order valence-electron chi connectivity index (χ0n) is 19.3. The maximum absolute atomic E-state index is 11.1. The number of carboxylic acid groups (broad SMARTS) is 1. The van der Waals surface area contributed by atoms with E-state index in [4.69, 9.17) is 51.6 Å². The molecule has 1 aromatic heterocycles. The Balaban J connectivity index is 0.00000103. The van der Waals surface area contributed by atoms with Crippen molar-refractivity contribution in [2.24, 2.45) is 0 Å². The summed E-state index contributed by atoms with van der Waals surface area (Å²) >= 11 is 1.35. The number of aromatic nitrogens is 1. The molecule has 2 unspecified atom stereocenters. The van der Waals surface area contributed by atoms with Gasteiger partial charge < -0.3 is 26.4 Å². The molecule has 2 fully saturated rings. The Morgan fingerprint density at radius 3 is 1.71 bits per heavy atom. The molecule has 11 heteroatoms. The summed E-state index contributed by atoms with van der Waals surface area (Å²) in [7, 11) is 9.59. The van der Waals surface area contributed by atoms with Crippen molar-refractivity contribution in [3.8, 4) is 0 Å². The fraction of sp³-hybridized carbons (Fsp3) is 0.739. The topological polar surface area (TPSA) is 107 Å². The third-order valence-electron chi connectivity index (χ3n) is 6.46. The zero-order valence-corrected chi connectivity index (χ0v) is 22.8. The van der Waals surface area contributed by atoms with Crippen LogP contribution in [0.15, 0.2) is 17.0 Å². The summed E-state index contributed by atoms with van der Waals surface area (Å²) in [5.41, 5.74) is 1.81. The van der Waals surface area contributed by atoms with E-state index in [9.17, 15) is 4.79 Å². The molecule has 2 aliphatic carbocycles. The Bertz CT molecular complexity index is 718. The second-order valence-electron chi connectivity index (χ2n) is 8.85. The van der Waals surface area contributed by atoms with Gasteiger partial charge in [-0.25, -0.2) is 0 Å². The van der Waals surface area contributed by atoms with Gasteiger partial charge in [0, 0.05) is 16.3 Å². The predicted molar refractivity (Wildman–Crippen MR) is 137 cm³/mol. The number of carbonyl (C=O) groups is 1. The Morgan fingerprint density at radius 1 is 0.882 bits per heavy atom. The second kappa shape index (κ2) is 15.9. The van der Waals surface area contributed by atoms with Crippen molar-refractivity contribution < 1.29 is 23.0 Å². The second-order valence-corrected chi connectivity index (χ2v) is 11.9. The number of halogens is 2. The Labute approximate surface area is 222 Å². The van der Waals surface area contributed by atoms with Crippen LogP contribution in [-0.2, 0) is 31.0 Å². The van der Waals surface area contributed by atoms with E-state index >= 15 is 0 Å². The fourth-order valence-corrected chi connectivity index (χ4v) is 5.64. The molecule has 193 valence electrons. The molecule has 2 saturated carbocycles. The van der Waals surface area contributed by atoms with Gasteiger partial charge in [-0.3, -0.25) is 9.78 Å². The van der Waals surface area contributed by atoms with Crippen LogP contribution >= 0.6 is 32.0 Å². The number of nitrogens with zero attached hydrogens (tertiary/aromatic N) is 5. The molecule has 34 heavy (non-hydrogen) atoms. The van der Waals surface area contributed by atoms with E-state index < -0.39 is 5.97 Å². The van der Waals surface area contributed by atoms with Crippen LogP contribution in [-0.4, -0.2) is 59.1 Å². The van der Waals surface area contributed by atoms with Crippen molar-refractivity contribution in [3.63, 3.8) is 0 Å². The molecule has 0 aromatic carbocycles. The third-order valence-corrected chi connectivity index (χ3v) is 7.42. The molecule has 1 aromatic rings. The van der Waals surface area contributed by atoms with E-state index in [1.807, 2.05) is 12.1 Å². The van der Waals surface area contributed by atoms with Crippen molar-refractivity contribution >= 4 is 37.9 Å². The van der Waals surface area contributed by atoms with Crippen LogP contribution in [0, 0.1) is 0 Å². The summed E-state index contributed by atoms with van der Waals surface area (Å²) in [5.74, 6) is -0.763. The molecule has 1 N–H and O–H groups in total. The maximum atomic E-state index is 11.1. The number of rotatable bonds is 3. The standard InChI is InChI=1S/C23H33N5O2S.2ClH.Mn/c29-23(30)15-31-18-11-16-13-26-21-7-3-1-5-19(21)24-9-10-25-20-6-2-4-8-22(20)27-14-17(12-18)28-16;;;/h11-12,19-22H,1-10,13-15H2,(H,29,30);2*1H;/q-4;;;+2/p-2/t19-,20?,21-,22?;;;/m1.../s1. The van der Waals surface area contributed by atoms with Crippen LogP contribution in [0.1, 0.15) is 62.8 Å². The van der Waals surface area contributed by atoms with Gasteiger partial charge >= 0.3 is 39.3 Å². The van der Waals surface area contributed by atoms with E-state index in [1.54, 1.807) is 0 Å². The first-order chi connectivity index (χ1) is 16.6. The van der Waals surface area contributed by atoms with E-state index in [0.29, 0.717) is 25.2 Å². The monoisotopic (exact) mass is 568 g/mol. The van der Waals surface area contributed by atoms with E-state index in [-0.39, 0.29) is 31.0 Å². The van der Waals surface area contributed by atoms with Gasteiger partial charge in [-0.2, -0.15) is 37.3 Å². The quantitative estimate of drug-likeness (QED) is 0.320. The predicted octanol–water partition coefficient (Wildman–Crippen LogP) is 6.77. The molecule has 4 atom stereocenters. The van der Waals surface area contributed by atoms with Gasteiger partial charge in [0.05, 0.1) is 5.75 Å². The first-order valence-electron chi connectivity index (χ1n) is 12.0. The van der Waals surface area contributed by atoms with Crippen LogP contribution in [0.25, 0.3) is 21.3 Å². The number of fused-ring (bicyclic) bond motifs is 4. The molecular weight excluding hydrogens is 536 g/mol. The molecule has 2 heterocycles. The average Bonchev–Trinajstić information content (AvgIpc) is 2.84. The zero-order chi connectivity index (χ0) is 24.2. The molecule has 0 spiro atoms. The summed E-state index contributed by atoms with van der Waals surface area (Å²) < 4.78 is 0. The van der Waals surface area contributed by atoms with Crippen LogP contribution in [0.3, 0.4) is 0 Å². The molecule has 0 amide bonds. The van der Waals surface area contributed by atoms with Gasteiger partial charge in [-0.05, 0) is 12.1 Å². The average molecular weight is 569 g/mol. The number of carboxylic acids is 1. The minimum atomic E-state index is -0.809. The number of hydrogen-bond donors (Lipinski definition) is 1. The van der Waals surface area contributed by atoms with Crippen LogP contribution in [0.4, 0.5) is 0 Å². The van der Waals surface area contributed by atoms with E-state index in [1.165, 1.54) is 37.4 Å². The van der Waals surface area contributed by atoms with Crippen molar-refractivity contribution in [2.45, 2.75) is 93.5 Å². The van der Waals surface area contributed by atoms with Crippen LogP contribution < -0.4 is 0 Å². The molecule has 0 saturated heterocycles. The van der Waals surface area contributed by atoms with Crippen molar-refractivity contribution in [1.82, 2.24) is 4.98 Å². The van der Waals surface area contributed by atoms with E-state index in [2.05, 4.69) is 0 Å². The number of hydrogen-bond acceptors (Lipinski definition) is 3. The first-order valence-corrected chi connectivity index (χ1v) is 16.2. The number of aliphatic carboxylic acids is 1. The minimum absolute atomic E-state index is 0.00694. The van der Waals surface area contributed by atoms with Gasteiger partial charge in [-0.15, -0.1) is 24.9 Å². The van der Waals surface area contributed by atoms with Gasteiger partial charge in [0.1, 0.15) is 0 Å². The third kappa shape index (κ3) is 9.75. The van der Waals surface area contributed by atoms with Crippen molar-refractivity contribution in [3.05, 3.63) is 44.8 Å². The Hall–Kier alpha value is -0.0905. The van der Waals surface area contributed by atoms with Gasteiger partial charge in [0.15, 0.2) is 0 Å². The van der Waals surface area contributed by atoms with Crippen LogP contribution in [0.2, 0.25) is 0 Å². The normalized spacial score (nSPS) is 28.2. The van der Waals surface area contributed by atoms with Gasteiger partial charge in [0.25, 0.3) is 0 Å². The number of pyridine rings is 1. The molecule has 0 radical (unpaired) electrons. The van der Waals surface area contributed by atoms with Gasteiger partial charge in [-0.1, -0.05) is 51.4 Å².